The maximum atomic E-state index is 11.8. The molecule has 1 aliphatic carbocycles. The summed E-state index contributed by atoms with van der Waals surface area (Å²) in [4.78, 5) is 11.8. The van der Waals surface area contributed by atoms with Crippen molar-refractivity contribution >= 4 is 5.97 Å². The van der Waals surface area contributed by atoms with Gasteiger partial charge in [0.1, 0.15) is 5.54 Å². The summed E-state index contributed by atoms with van der Waals surface area (Å²) in [6, 6.07) is 9.67. The van der Waals surface area contributed by atoms with Gasteiger partial charge in [-0.25, -0.2) is 4.79 Å². The van der Waals surface area contributed by atoms with E-state index in [0.29, 0.717) is 19.1 Å². The van der Waals surface area contributed by atoms with Crippen LogP contribution in [0.5, 0.6) is 0 Å². The Morgan fingerprint density at radius 2 is 2.11 bits per heavy atom. The molecule has 0 aromatic heterocycles. The summed E-state index contributed by atoms with van der Waals surface area (Å²) in [6.07, 6.45) is 2.53. The summed E-state index contributed by atoms with van der Waals surface area (Å²) in [7, 11) is 1.59. The van der Waals surface area contributed by atoms with Crippen molar-refractivity contribution < 1.29 is 14.6 Å². The maximum absolute atomic E-state index is 11.8. The minimum atomic E-state index is -1.03. The second kappa shape index (κ2) is 5.50. The van der Waals surface area contributed by atoms with Gasteiger partial charge in [-0.2, -0.15) is 0 Å². The largest absolute Gasteiger partial charge is 0.480 e. The molecule has 2 N–H and O–H groups in total. The van der Waals surface area contributed by atoms with Gasteiger partial charge in [0.25, 0.3) is 0 Å². The first kappa shape index (κ1) is 13.1. The van der Waals surface area contributed by atoms with E-state index in [-0.39, 0.29) is 0 Å². The fourth-order valence-corrected chi connectivity index (χ4v) is 2.15. The number of hydrogen-bond donors (Lipinski definition) is 2. The van der Waals surface area contributed by atoms with E-state index in [1.165, 1.54) is 0 Å². The zero-order chi connectivity index (χ0) is 13.0. The summed E-state index contributed by atoms with van der Waals surface area (Å²) in [6.45, 7) is 0.418. The highest BCUT2D eigenvalue weighted by Gasteiger charge is 2.43. The van der Waals surface area contributed by atoms with E-state index in [0.717, 1.165) is 18.4 Å². The smallest absolute Gasteiger partial charge is 0.328 e. The van der Waals surface area contributed by atoms with Crippen LogP contribution in [0, 0.1) is 0 Å². The maximum Gasteiger partial charge on any atom is 0.328 e. The van der Waals surface area contributed by atoms with Gasteiger partial charge < -0.3 is 9.84 Å². The van der Waals surface area contributed by atoms with Gasteiger partial charge in [0.05, 0.1) is 0 Å². The molecule has 1 aromatic rings. The van der Waals surface area contributed by atoms with Gasteiger partial charge in [-0.15, -0.1) is 0 Å². The van der Waals surface area contributed by atoms with E-state index in [4.69, 9.17) is 4.74 Å². The quantitative estimate of drug-likeness (QED) is 0.773. The Morgan fingerprint density at radius 3 is 2.61 bits per heavy atom. The Labute approximate surface area is 107 Å². The number of carbonyl (C=O) groups is 1. The predicted molar refractivity (Wildman–Crippen MR) is 68.4 cm³/mol. The van der Waals surface area contributed by atoms with Crippen LogP contribution >= 0.6 is 0 Å². The third kappa shape index (κ3) is 2.71. The molecule has 0 amide bonds. The third-order valence-electron chi connectivity index (χ3n) is 3.34. The SMILES string of the molecule is COCCC(NC1CC1)(C(=O)O)c1ccccc1. The molecule has 1 aliphatic rings. The molecule has 2 rings (SSSR count). The van der Waals surface area contributed by atoms with E-state index in [1.807, 2.05) is 30.3 Å². The lowest BCUT2D eigenvalue weighted by atomic mass is 9.86. The molecule has 4 heteroatoms. The minimum absolute atomic E-state index is 0.318. The molecule has 1 saturated carbocycles. The fourth-order valence-electron chi connectivity index (χ4n) is 2.15. The second-order valence-electron chi connectivity index (χ2n) is 4.74. The number of benzene rings is 1. The zero-order valence-electron chi connectivity index (χ0n) is 10.6. The topological polar surface area (TPSA) is 58.6 Å². The highest BCUT2D eigenvalue weighted by Crippen LogP contribution is 2.31. The van der Waals surface area contributed by atoms with Crippen molar-refractivity contribution in [1.82, 2.24) is 5.32 Å². The van der Waals surface area contributed by atoms with E-state index in [9.17, 15) is 9.90 Å². The van der Waals surface area contributed by atoms with Crippen LogP contribution in [-0.4, -0.2) is 30.8 Å². The first-order chi connectivity index (χ1) is 8.69. The monoisotopic (exact) mass is 249 g/mol. The van der Waals surface area contributed by atoms with Gasteiger partial charge in [0.15, 0.2) is 0 Å². The number of methoxy groups -OCH3 is 1. The lowest BCUT2D eigenvalue weighted by Crippen LogP contribution is -2.51. The average molecular weight is 249 g/mol. The molecule has 1 aromatic carbocycles. The van der Waals surface area contributed by atoms with E-state index in [2.05, 4.69) is 5.32 Å². The lowest BCUT2D eigenvalue weighted by Gasteiger charge is -2.31. The van der Waals surface area contributed by atoms with Crippen molar-refractivity contribution in [3.05, 3.63) is 35.9 Å². The van der Waals surface area contributed by atoms with Crippen LogP contribution in [0.4, 0.5) is 0 Å². The number of hydrogen-bond acceptors (Lipinski definition) is 3. The molecule has 0 saturated heterocycles. The summed E-state index contributed by atoms with van der Waals surface area (Å²) in [5.41, 5.74) is -0.236. The Morgan fingerprint density at radius 1 is 1.44 bits per heavy atom. The minimum Gasteiger partial charge on any atom is -0.480 e. The molecule has 18 heavy (non-hydrogen) atoms. The van der Waals surface area contributed by atoms with Gasteiger partial charge in [-0.1, -0.05) is 30.3 Å². The van der Waals surface area contributed by atoms with E-state index < -0.39 is 11.5 Å². The molecular weight excluding hydrogens is 230 g/mol. The van der Waals surface area contributed by atoms with E-state index >= 15 is 0 Å². The number of rotatable bonds is 7. The molecule has 4 nitrogen and oxygen atoms in total. The first-order valence-electron chi connectivity index (χ1n) is 6.24. The van der Waals surface area contributed by atoms with Crippen LogP contribution in [0.25, 0.3) is 0 Å². The first-order valence-corrected chi connectivity index (χ1v) is 6.24. The highest BCUT2D eigenvalue weighted by molar-refractivity contribution is 5.81. The number of carboxylic acid groups (broad SMARTS) is 1. The summed E-state index contributed by atoms with van der Waals surface area (Å²) < 4.78 is 5.07. The van der Waals surface area contributed by atoms with Crippen molar-refractivity contribution in [2.75, 3.05) is 13.7 Å². The normalized spacial score (nSPS) is 18.3. The van der Waals surface area contributed by atoms with Crippen molar-refractivity contribution in [2.45, 2.75) is 30.8 Å². The number of ether oxygens (including phenoxy) is 1. The molecule has 1 unspecified atom stereocenters. The van der Waals surface area contributed by atoms with Crippen molar-refractivity contribution in [3.63, 3.8) is 0 Å². The molecule has 0 heterocycles. The molecule has 1 atom stereocenters. The van der Waals surface area contributed by atoms with Crippen LogP contribution in [0.3, 0.4) is 0 Å². The predicted octanol–water partition coefficient (Wildman–Crippen LogP) is 1.75. The van der Waals surface area contributed by atoms with Gasteiger partial charge in [0.2, 0.25) is 0 Å². The summed E-state index contributed by atoms with van der Waals surface area (Å²) in [5, 5.41) is 12.9. The molecule has 0 spiro atoms. The van der Waals surface area contributed by atoms with Crippen molar-refractivity contribution in [3.8, 4) is 0 Å². The standard InChI is InChI=1S/C14H19NO3/c1-18-10-9-14(13(16)17,15-12-7-8-12)11-5-3-2-4-6-11/h2-6,12,15H,7-10H2,1H3,(H,16,17). The van der Waals surface area contributed by atoms with Crippen molar-refractivity contribution in [2.24, 2.45) is 0 Å². The van der Waals surface area contributed by atoms with Gasteiger partial charge in [-0.3, -0.25) is 5.32 Å². The van der Waals surface area contributed by atoms with Gasteiger partial charge in [-0.05, 0) is 18.4 Å². The zero-order valence-corrected chi connectivity index (χ0v) is 10.6. The number of carboxylic acids is 1. The molecular formula is C14H19NO3. The van der Waals surface area contributed by atoms with Crippen LogP contribution < -0.4 is 5.32 Å². The molecule has 0 aliphatic heterocycles. The summed E-state index contributed by atoms with van der Waals surface area (Å²) >= 11 is 0. The van der Waals surface area contributed by atoms with Crippen LogP contribution in [-0.2, 0) is 15.1 Å². The summed E-state index contributed by atoms with van der Waals surface area (Å²) in [5.74, 6) is -0.836. The van der Waals surface area contributed by atoms with Gasteiger partial charge in [0, 0.05) is 26.2 Å². The van der Waals surface area contributed by atoms with E-state index in [1.54, 1.807) is 7.11 Å². The van der Waals surface area contributed by atoms with Gasteiger partial charge >= 0.3 is 5.97 Å². The average Bonchev–Trinajstić information content (AvgIpc) is 3.19. The van der Waals surface area contributed by atoms with Crippen LogP contribution in [0.1, 0.15) is 24.8 Å². The number of aliphatic carboxylic acids is 1. The lowest BCUT2D eigenvalue weighted by molar-refractivity contribution is -0.146. The number of nitrogens with one attached hydrogen (secondary N) is 1. The fraction of sp³-hybridized carbons (Fsp3) is 0.500. The Kier molecular flexibility index (Phi) is 3.99. The molecule has 98 valence electrons. The highest BCUT2D eigenvalue weighted by atomic mass is 16.5. The Hall–Kier alpha value is -1.39. The molecule has 0 radical (unpaired) electrons. The Balaban J connectivity index is 2.31. The Bertz CT molecular complexity index is 403. The van der Waals surface area contributed by atoms with Crippen LogP contribution in [0.15, 0.2) is 30.3 Å². The molecule has 1 fully saturated rings. The second-order valence-corrected chi connectivity index (χ2v) is 4.74. The molecule has 0 bridgehead atoms. The third-order valence-corrected chi connectivity index (χ3v) is 3.34. The van der Waals surface area contributed by atoms with Crippen molar-refractivity contribution in [1.29, 1.82) is 0 Å². The van der Waals surface area contributed by atoms with Crippen LogP contribution in [0.2, 0.25) is 0 Å².